The van der Waals surface area contributed by atoms with E-state index in [2.05, 4.69) is 10.3 Å². The Kier molecular flexibility index (Phi) is 3.69. The van der Waals surface area contributed by atoms with Crippen LogP contribution in [-0.4, -0.2) is 10.9 Å². The zero-order valence-electron chi connectivity index (χ0n) is 9.91. The van der Waals surface area contributed by atoms with Crippen LogP contribution >= 0.6 is 0 Å². The molecule has 0 aliphatic rings. The first-order valence-corrected chi connectivity index (χ1v) is 5.47. The summed E-state index contributed by atoms with van der Waals surface area (Å²) in [6, 6.07) is 7.50. The lowest BCUT2D eigenvalue weighted by Gasteiger charge is -2.08. The van der Waals surface area contributed by atoms with Crippen LogP contribution in [0.25, 0.3) is 0 Å². The standard InChI is InChI=1S/C13H8F4N2O/c14-10-2-1-3-11(18-10)19-12(20)8-4-6-9(7-5-8)13(15,16)17/h1-7H,(H,18,19,20). The molecule has 2 rings (SSSR count). The Morgan fingerprint density at radius 2 is 1.70 bits per heavy atom. The van der Waals surface area contributed by atoms with Crippen molar-refractivity contribution < 1.29 is 22.4 Å². The van der Waals surface area contributed by atoms with E-state index in [4.69, 9.17) is 0 Å². The summed E-state index contributed by atoms with van der Waals surface area (Å²) in [4.78, 5) is 15.1. The van der Waals surface area contributed by atoms with Crippen molar-refractivity contribution in [1.29, 1.82) is 0 Å². The number of halogens is 4. The van der Waals surface area contributed by atoms with Crippen LogP contribution in [-0.2, 0) is 6.18 Å². The molecule has 0 radical (unpaired) electrons. The van der Waals surface area contributed by atoms with Gasteiger partial charge < -0.3 is 5.32 Å². The van der Waals surface area contributed by atoms with E-state index in [-0.39, 0.29) is 11.4 Å². The van der Waals surface area contributed by atoms with Crippen LogP contribution in [0.1, 0.15) is 15.9 Å². The normalized spacial score (nSPS) is 11.2. The molecule has 0 atom stereocenters. The molecule has 0 aliphatic carbocycles. The van der Waals surface area contributed by atoms with Crippen LogP contribution < -0.4 is 5.32 Å². The number of hydrogen-bond acceptors (Lipinski definition) is 2. The molecular formula is C13H8F4N2O. The predicted octanol–water partition coefficient (Wildman–Crippen LogP) is 3.49. The van der Waals surface area contributed by atoms with Crippen molar-refractivity contribution in [3.63, 3.8) is 0 Å². The van der Waals surface area contributed by atoms with E-state index in [0.29, 0.717) is 0 Å². The Hall–Kier alpha value is -2.44. The fourth-order valence-corrected chi connectivity index (χ4v) is 1.48. The molecule has 7 heteroatoms. The third-order valence-electron chi connectivity index (χ3n) is 2.43. The zero-order chi connectivity index (χ0) is 14.8. The van der Waals surface area contributed by atoms with E-state index in [1.54, 1.807) is 0 Å². The minimum absolute atomic E-state index is 0.0176. The van der Waals surface area contributed by atoms with Gasteiger partial charge in [0.25, 0.3) is 5.91 Å². The molecule has 1 heterocycles. The molecule has 0 bridgehead atoms. The van der Waals surface area contributed by atoms with E-state index >= 15 is 0 Å². The molecule has 2 aromatic rings. The fourth-order valence-electron chi connectivity index (χ4n) is 1.48. The largest absolute Gasteiger partial charge is 0.416 e. The summed E-state index contributed by atoms with van der Waals surface area (Å²) >= 11 is 0. The SMILES string of the molecule is O=C(Nc1cccc(F)n1)c1ccc(C(F)(F)F)cc1. The van der Waals surface area contributed by atoms with Gasteiger partial charge in [-0.3, -0.25) is 4.79 Å². The van der Waals surface area contributed by atoms with Crippen LogP contribution in [0.3, 0.4) is 0 Å². The average molecular weight is 284 g/mol. The summed E-state index contributed by atoms with van der Waals surface area (Å²) in [7, 11) is 0. The van der Waals surface area contributed by atoms with Crippen LogP contribution in [0, 0.1) is 5.95 Å². The molecule has 0 saturated carbocycles. The molecule has 0 aliphatic heterocycles. The maximum absolute atomic E-state index is 12.8. The number of anilines is 1. The van der Waals surface area contributed by atoms with Crippen LogP contribution in [0.15, 0.2) is 42.5 Å². The van der Waals surface area contributed by atoms with Gasteiger partial charge in [-0.25, -0.2) is 4.98 Å². The van der Waals surface area contributed by atoms with Crippen molar-refractivity contribution in [3.05, 3.63) is 59.5 Å². The Morgan fingerprint density at radius 1 is 1.05 bits per heavy atom. The number of pyridine rings is 1. The predicted molar refractivity (Wildman–Crippen MR) is 63.6 cm³/mol. The van der Waals surface area contributed by atoms with Crippen molar-refractivity contribution in [2.24, 2.45) is 0 Å². The number of alkyl halides is 3. The molecule has 104 valence electrons. The van der Waals surface area contributed by atoms with Gasteiger partial charge in [-0.1, -0.05) is 6.07 Å². The first-order valence-electron chi connectivity index (χ1n) is 5.47. The minimum atomic E-state index is -4.46. The second-order valence-corrected chi connectivity index (χ2v) is 3.87. The Bertz CT molecular complexity index is 623. The van der Waals surface area contributed by atoms with E-state index in [1.807, 2.05) is 0 Å². The van der Waals surface area contributed by atoms with Gasteiger partial charge >= 0.3 is 6.18 Å². The molecular weight excluding hydrogens is 276 g/mol. The highest BCUT2D eigenvalue weighted by molar-refractivity contribution is 6.03. The van der Waals surface area contributed by atoms with Gasteiger partial charge in [0.2, 0.25) is 5.95 Å². The van der Waals surface area contributed by atoms with Gasteiger partial charge in [-0.2, -0.15) is 17.6 Å². The first kappa shape index (κ1) is 14.0. The lowest BCUT2D eigenvalue weighted by atomic mass is 10.1. The number of carbonyl (C=O) groups is 1. The molecule has 1 aromatic carbocycles. The lowest BCUT2D eigenvalue weighted by Crippen LogP contribution is -2.14. The maximum atomic E-state index is 12.8. The fraction of sp³-hybridized carbons (Fsp3) is 0.0769. The summed E-state index contributed by atoms with van der Waals surface area (Å²) in [5.41, 5.74) is -0.831. The molecule has 0 unspecified atom stereocenters. The number of carbonyl (C=O) groups excluding carboxylic acids is 1. The lowest BCUT2D eigenvalue weighted by molar-refractivity contribution is -0.137. The number of hydrogen-bond donors (Lipinski definition) is 1. The Balaban J connectivity index is 2.14. The summed E-state index contributed by atoms with van der Waals surface area (Å²) in [5.74, 6) is -1.46. The van der Waals surface area contributed by atoms with Gasteiger partial charge in [0.05, 0.1) is 5.56 Å². The number of rotatable bonds is 2. The van der Waals surface area contributed by atoms with E-state index in [9.17, 15) is 22.4 Å². The van der Waals surface area contributed by atoms with E-state index in [0.717, 1.165) is 30.3 Å². The first-order chi connectivity index (χ1) is 9.36. The molecule has 0 spiro atoms. The van der Waals surface area contributed by atoms with Crippen LogP contribution in [0.2, 0.25) is 0 Å². The van der Waals surface area contributed by atoms with E-state index < -0.39 is 23.6 Å². The number of nitrogens with one attached hydrogen (secondary N) is 1. The van der Waals surface area contributed by atoms with Gasteiger partial charge in [-0.05, 0) is 36.4 Å². The van der Waals surface area contributed by atoms with Crippen molar-refractivity contribution in [2.75, 3.05) is 5.32 Å². The highest BCUT2D eigenvalue weighted by atomic mass is 19.4. The van der Waals surface area contributed by atoms with Gasteiger partial charge in [0, 0.05) is 5.56 Å². The minimum Gasteiger partial charge on any atom is -0.306 e. The highest BCUT2D eigenvalue weighted by Gasteiger charge is 2.30. The van der Waals surface area contributed by atoms with E-state index in [1.165, 1.54) is 12.1 Å². The smallest absolute Gasteiger partial charge is 0.306 e. The van der Waals surface area contributed by atoms with Gasteiger partial charge in [0.15, 0.2) is 0 Å². The molecule has 0 saturated heterocycles. The number of amides is 1. The summed E-state index contributed by atoms with van der Waals surface area (Å²) in [6.45, 7) is 0. The van der Waals surface area contributed by atoms with Crippen molar-refractivity contribution >= 4 is 11.7 Å². The van der Waals surface area contributed by atoms with Crippen LogP contribution in [0.4, 0.5) is 23.4 Å². The quantitative estimate of drug-likeness (QED) is 0.677. The van der Waals surface area contributed by atoms with Crippen molar-refractivity contribution in [2.45, 2.75) is 6.18 Å². The molecule has 3 nitrogen and oxygen atoms in total. The Labute approximate surface area is 111 Å². The monoisotopic (exact) mass is 284 g/mol. The second-order valence-electron chi connectivity index (χ2n) is 3.87. The molecule has 0 fully saturated rings. The molecule has 1 aromatic heterocycles. The van der Waals surface area contributed by atoms with Crippen LogP contribution in [0.5, 0.6) is 0 Å². The summed E-state index contributed by atoms with van der Waals surface area (Å²) in [5, 5.41) is 2.29. The molecule has 1 amide bonds. The second kappa shape index (κ2) is 5.28. The van der Waals surface area contributed by atoms with Gasteiger partial charge in [0.1, 0.15) is 5.82 Å². The average Bonchev–Trinajstić information content (AvgIpc) is 2.38. The zero-order valence-corrected chi connectivity index (χ0v) is 9.91. The van der Waals surface area contributed by atoms with Crippen molar-refractivity contribution in [1.82, 2.24) is 4.98 Å². The summed E-state index contributed by atoms with van der Waals surface area (Å²) < 4.78 is 49.9. The summed E-state index contributed by atoms with van der Waals surface area (Å²) in [6.07, 6.45) is -4.46. The number of aromatic nitrogens is 1. The van der Waals surface area contributed by atoms with Gasteiger partial charge in [-0.15, -0.1) is 0 Å². The number of nitrogens with zero attached hydrogens (tertiary/aromatic N) is 1. The third-order valence-corrected chi connectivity index (χ3v) is 2.43. The molecule has 1 N–H and O–H groups in total. The topological polar surface area (TPSA) is 42.0 Å². The Morgan fingerprint density at radius 3 is 2.25 bits per heavy atom. The third kappa shape index (κ3) is 3.31. The number of benzene rings is 1. The maximum Gasteiger partial charge on any atom is 0.416 e. The molecule has 20 heavy (non-hydrogen) atoms. The highest BCUT2D eigenvalue weighted by Crippen LogP contribution is 2.29. The van der Waals surface area contributed by atoms with Crippen molar-refractivity contribution in [3.8, 4) is 0 Å².